The van der Waals surface area contributed by atoms with Crippen LogP contribution in [0.2, 0.25) is 0 Å². The molecule has 2 aliphatic rings. The number of hydrogen-bond acceptors (Lipinski definition) is 2. The summed E-state index contributed by atoms with van der Waals surface area (Å²) >= 11 is 0. The van der Waals surface area contributed by atoms with Gasteiger partial charge in [-0.15, -0.1) is 12.4 Å². The molecule has 2 fully saturated rings. The van der Waals surface area contributed by atoms with E-state index in [2.05, 4.69) is 17.6 Å². The highest BCUT2D eigenvalue weighted by molar-refractivity contribution is 5.85. The van der Waals surface area contributed by atoms with Crippen LogP contribution in [0.5, 0.6) is 0 Å². The van der Waals surface area contributed by atoms with E-state index in [1.54, 1.807) is 0 Å². The van der Waals surface area contributed by atoms with Crippen molar-refractivity contribution in [2.45, 2.75) is 51.9 Å². The van der Waals surface area contributed by atoms with Gasteiger partial charge < -0.3 is 10.6 Å². The molecule has 1 heterocycles. The van der Waals surface area contributed by atoms with Crippen LogP contribution in [0.15, 0.2) is 0 Å². The highest BCUT2D eigenvalue weighted by Gasteiger charge is 2.25. The molecule has 0 bridgehead atoms. The Balaban J connectivity index is 0.00000180. The van der Waals surface area contributed by atoms with Gasteiger partial charge in [0.2, 0.25) is 5.91 Å². The maximum atomic E-state index is 12.1. The Morgan fingerprint density at radius 1 is 1.16 bits per heavy atom. The van der Waals surface area contributed by atoms with Gasteiger partial charge in [0.15, 0.2) is 0 Å². The largest absolute Gasteiger partial charge is 0.356 e. The molecule has 0 aromatic heterocycles. The van der Waals surface area contributed by atoms with Gasteiger partial charge in [0.1, 0.15) is 0 Å². The first-order chi connectivity index (χ1) is 8.79. The molecular formula is C15H29ClN2O. The zero-order valence-corrected chi connectivity index (χ0v) is 12.9. The molecule has 0 spiro atoms. The van der Waals surface area contributed by atoms with Gasteiger partial charge in [0.25, 0.3) is 0 Å². The van der Waals surface area contributed by atoms with E-state index in [1.807, 2.05) is 0 Å². The second-order valence-corrected chi connectivity index (χ2v) is 6.08. The van der Waals surface area contributed by atoms with Gasteiger partial charge in [0, 0.05) is 12.5 Å². The Kier molecular flexibility index (Phi) is 7.77. The van der Waals surface area contributed by atoms with Crippen molar-refractivity contribution in [3.8, 4) is 0 Å². The smallest absolute Gasteiger partial charge is 0.223 e. The zero-order valence-electron chi connectivity index (χ0n) is 12.1. The van der Waals surface area contributed by atoms with E-state index in [9.17, 15) is 4.79 Å². The Labute approximate surface area is 123 Å². The van der Waals surface area contributed by atoms with Crippen molar-refractivity contribution in [2.75, 3.05) is 19.6 Å². The lowest BCUT2D eigenvalue weighted by Crippen LogP contribution is -2.40. The van der Waals surface area contributed by atoms with E-state index < -0.39 is 0 Å². The van der Waals surface area contributed by atoms with Crippen LogP contribution in [0.3, 0.4) is 0 Å². The third kappa shape index (κ3) is 5.31. The number of amides is 1. The first-order valence-corrected chi connectivity index (χ1v) is 7.78. The lowest BCUT2D eigenvalue weighted by molar-refractivity contribution is -0.126. The lowest BCUT2D eigenvalue weighted by atomic mass is 9.80. The van der Waals surface area contributed by atoms with E-state index in [0.29, 0.717) is 17.7 Å². The molecule has 112 valence electrons. The predicted octanol–water partition coefficient (Wildman–Crippen LogP) is 2.74. The van der Waals surface area contributed by atoms with Crippen LogP contribution >= 0.6 is 12.4 Å². The summed E-state index contributed by atoms with van der Waals surface area (Å²) in [6, 6.07) is 0. The minimum atomic E-state index is 0. The van der Waals surface area contributed by atoms with Crippen LogP contribution in [0, 0.1) is 17.8 Å². The van der Waals surface area contributed by atoms with E-state index in [4.69, 9.17) is 0 Å². The minimum Gasteiger partial charge on any atom is -0.356 e. The van der Waals surface area contributed by atoms with Crippen molar-refractivity contribution >= 4 is 18.3 Å². The Morgan fingerprint density at radius 3 is 2.47 bits per heavy atom. The highest BCUT2D eigenvalue weighted by atomic mass is 35.5. The molecular weight excluding hydrogens is 260 g/mol. The minimum absolute atomic E-state index is 0. The van der Waals surface area contributed by atoms with Crippen LogP contribution in [0.1, 0.15) is 51.9 Å². The molecule has 1 aliphatic carbocycles. The second-order valence-electron chi connectivity index (χ2n) is 6.08. The summed E-state index contributed by atoms with van der Waals surface area (Å²) in [6.45, 7) is 5.36. The van der Waals surface area contributed by atoms with Crippen molar-refractivity contribution in [3.63, 3.8) is 0 Å². The van der Waals surface area contributed by atoms with Crippen molar-refractivity contribution in [3.05, 3.63) is 0 Å². The van der Waals surface area contributed by atoms with Crippen LogP contribution in [0.4, 0.5) is 0 Å². The molecule has 1 amide bonds. The number of hydrogen-bond donors (Lipinski definition) is 2. The van der Waals surface area contributed by atoms with E-state index in [-0.39, 0.29) is 12.4 Å². The van der Waals surface area contributed by atoms with Crippen molar-refractivity contribution < 1.29 is 4.79 Å². The number of nitrogens with one attached hydrogen (secondary N) is 2. The van der Waals surface area contributed by atoms with Crippen LogP contribution in [-0.2, 0) is 4.79 Å². The molecule has 2 N–H and O–H groups in total. The topological polar surface area (TPSA) is 41.1 Å². The standard InChI is InChI=1S/C15H28N2O.ClH/c1-2-12-5-7-14(8-6-12)15(18)17-11-13-4-3-9-16-10-13;/h12-14,16H,2-11H2,1H3,(H,17,18);1H. The molecule has 4 heteroatoms. The molecule has 1 saturated carbocycles. The lowest BCUT2D eigenvalue weighted by Gasteiger charge is -2.28. The number of piperidine rings is 1. The third-order valence-corrected chi connectivity index (χ3v) is 4.76. The summed E-state index contributed by atoms with van der Waals surface area (Å²) in [5, 5.41) is 6.58. The van der Waals surface area contributed by atoms with Gasteiger partial charge in [-0.2, -0.15) is 0 Å². The molecule has 1 saturated heterocycles. The first-order valence-electron chi connectivity index (χ1n) is 7.78. The fourth-order valence-corrected chi connectivity index (χ4v) is 3.32. The van der Waals surface area contributed by atoms with E-state index >= 15 is 0 Å². The predicted molar refractivity (Wildman–Crippen MR) is 81.6 cm³/mol. The molecule has 0 aromatic rings. The summed E-state index contributed by atoms with van der Waals surface area (Å²) in [6.07, 6.45) is 8.50. The van der Waals surface area contributed by atoms with Gasteiger partial charge in [-0.1, -0.05) is 13.3 Å². The van der Waals surface area contributed by atoms with Crippen molar-refractivity contribution in [1.82, 2.24) is 10.6 Å². The summed E-state index contributed by atoms with van der Waals surface area (Å²) in [5.41, 5.74) is 0. The highest BCUT2D eigenvalue weighted by Crippen LogP contribution is 2.30. The van der Waals surface area contributed by atoms with Crippen molar-refractivity contribution in [2.24, 2.45) is 17.8 Å². The van der Waals surface area contributed by atoms with Gasteiger partial charge in [-0.25, -0.2) is 0 Å². The van der Waals surface area contributed by atoms with E-state index in [0.717, 1.165) is 38.4 Å². The molecule has 3 nitrogen and oxygen atoms in total. The number of rotatable bonds is 4. The maximum Gasteiger partial charge on any atom is 0.223 e. The molecule has 1 atom stereocenters. The quantitative estimate of drug-likeness (QED) is 0.835. The van der Waals surface area contributed by atoms with Crippen LogP contribution in [0.25, 0.3) is 0 Å². The second kappa shape index (κ2) is 8.80. The number of carbonyl (C=O) groups is 1. The normalized spacial score (nSPS) is 31.3. The Morgan fingerprint density at radius 2 is 1.89 bits per heavy atom. The average Bonchev–Trinajstić information content (AvgIpc) is 2.46. The molecule has 1 aliphatic heterocycles. The fourth-order valence-electron chi connectivity index (χ4n) is 3.32. The molecule has 0 radical (unpaired) electrons. The van der Waals surface area contributed by atoms with Crippen LogP contribution < -0.4 is 10.6 Å². The van der Waals surface area contributed by atoms with Gasteiger partial charge >= 0.3 is 0 Å². The summed E-state index contributed by atoms with van der Waals surface area (Å²) in [4.78, 5) is 12.1. The molecule has 0 aromatic carbocycles. The first kappa shape index (κ1) is 16.8. The van der Waals surface area contributed by atoms with Crippen LogP contribution in [-0.4, -0.2) is 25.5 Å². The van der Waals surface area contributed by atoms with Gasteiger partial charge in [-0.05, 0) is 63.5 Å². The summed E-state index contributed by atoms with van der Waals surface area (Å²) in [7, 11) is 0. The Bertz CT molecular complexity index is 259. The summed E-state index contributed by atoms with van der Waals surface area (Å²) in [5.74, 6) is 2.13. The number of carbonyl (C=O) groups excluding carboxylic acids is 1. The maximum absolute atomic E-state index is 12.1. The molecule has 2 rings (SSSR count). The number of halogens is 1. The van der Waals surface area contributed by atoms with Gasteiger partial charge in [0.05, 0.1) is 0 Å². The van der Waals surface area contributed by atoms with E-state index in [1.165, 1.54) is 32.1 Å². The SMILES string of the molecule is CCC1CCC(C(=O)NCC2CCCNC2)CC1.Cl. The Hall–Kier alpha value is -0.280. The third-order valence-electron chi connectivity index (χ3n) is 4.76. The monoisotopic (exact) mass is 288 g/mol. The summed E-state index contributed by atoms with van der Waals surface area (Å²) < 4.78 is 0. The van der Waals surface area contributed by atoms with Gasteiger partial charge in [-0.3, -0.25) is 4.79 Å². The van der Waals surface area contributed by atoms with Crippen molar-refractivity contribution in [1.29, 1.82) is 0 Å². The zero-order chi connectivity index (χ0) is 12.8. The molecule has 1 unspecified atom stereocenters. The fraction of sp³-hybridized carbons (Fsp3) is 0.933. The average molecular weight is 289 g/mol. The molecule has 19 heavy (non-hydrogen) atoms.